The third kappa shape index (κ3) is 9.91. The summed E-state index contributed by atoms with van der Waals surface area (Å²) >= 11 is -2.16. The maximum absolute atomic E-state index is 11.4. The van der Waals surface area contributed by atoms with Crippen LogP contribution in [0.3, 0.4) is 0 Å². The first-order chi connectivity index (χ1) is 10.5. The van der Waals surface area contributed by atoms with Gasteiger partial charge in [-0.1, -0.05) is 0 Å². The van der Waals surface area contributed by atoms with Crippen molar-refractivity contribution < 1.29 is 9.53 Å². The van der Waals surface area contributed by atoms with E-state index in [0.29, 0.717) is 12.3 Å². The van der Waals surface area contributed by atoms with E-state index in [2.05, 4.69) is 37.9 Å². The van der Waals surface area contributed by atoms with Crippen molar-refractivity contribution >= 4 is 24.3 Å². The molecule has 0 saturated heterocycles. The van der Waals surface area contributed by atoms with Gasteiger partial charge in [0.1, 0.15) is 0 Å². The first-order valence-corrected chi connectivity index (χ1v) is 17.0. The monoisotopic (exact) mass is 418 g/mol. The fraction of sp³-hybridized carbons (Fsp3) is 0.842. The minimum absolute atomic E-state index is 0.0892. The SMILES string of the molecule is CCC[CH2][Sn](/[CH]=C\C(C)CC(=O)OC)([CH2]CCC)[CH2]CCC. The molecule has 2 nitrogen and oxygen atoms in total. The van der Waals surface area contributed by atoms with Crippen LogP contribution in [0.1, 0.15) is 72.6 Å². The molecule has 0 fully saturated rings. The fourth-order valence-electron chi connectivity index (χ4n) is 2.99. The number of rotatable bonds is 13. The topological polar surface area (TPSA) is 26.3 Å². The number of carbonyl (C=O) groups excluding carboxylic acids is 1. The molecule has 130 valence electrons. The zero-order chi connectivity index (χ0) is 16.8. The van der Waals surface area contributed by atoms with Gasteiger partial charge in [-0.3, -0.25) is 0 Å². The molecule has 0 aliphatic carbocycles. The third-order valence-corrected chi connectivity index (χ3v) is 18.7. The number of unbranched alkanes of at least 4 members (excludes halogenated alkanes) is 3. The van der Waals surface area contributed by atoms with E-state index in [1.165, 1.54) is 58.9 Å². The van der Waals surface area contributed by atoms with Crippen molar-refractivity contribution in [3.05, 3.63) is 10.2 Å². The van der Waals surface area contributed by atoms with Gasteiger partial charge in [0.15, 0.2) is 0 Å². The summed E-state index contributed by atoms with van der Waals surface area (Å²) < 4.78 is 11.9. The Bertz CT molecular complexity index is 291. The first-order valence-electron chi connectivity index (χ1n) is 9.29. The van der Waals surface area contributed by atoms with Crippen molar-refractivity contribution in [3.8, 4) is 0 Å². The van der Waals surface area contributed by atoms with E-state index < -0.39 is 18.4 Å². The van der Waals surface area contributed by atoms with Gasteiger partial charge in [-0.05, 0) is 0 Å². The van der Waals surface area contributed by atoms with Crippen molar-refractivity contribution in [2.75, 3.05) is 7.11 Å². The van der Waals surface area contributed by atoms with Crippen molar-refractivity contribution in [3.63, 3.8) is 0 Å². The number of hydrogen-bond donors (Lipinski definition) is 0. The van der Waals surface area contributed by atoms with Gasteiger partial charge >= 0.3 is 143 Å². The molecule has 22 heavy (non-hydrogen) atoms. The van der Waals surface area contributed by atoms with E-state index in [0.717, 1.165) is 0 Å². The summed E-state index contributed by atoms with van der Waals surface area (Å²) in [6, 6.07) is 0. The second kappa shape index (κ2) is 13.4. The number of ether oxygens (including phenoxy) is 1. The maximum atomic E-state index is 11.4. The molecule has 0 aromatic rings. The third-order valence-electron chi connectivity index (χ3n) is 4.58. The molecule has 0 aliphatic heterocycles. The summed E-state index contributed by atoms with van der Waals surface area (Å²) in [7, 11) is 1.48. The van der Waals surface area contributed by atoms with Crippen molar-refractivity contribution in [1.82, 2.24) is 0 Å². The Labute approximate surface area is 143 Å². The molecule has 0 rings (SSSR count). The Kier molecular flexibility index (Phi) is 13.5. The Morgan fingerprint density at radius 1 is 1.00 bits per heavy atom. The zero-order valence-corrected chi connectivity index (χ0v) is 18.5. The molecule has 1 unspecified atom stereocenters. The van der Waals surface area contributed by atoms with Gasteiger partial charge in [-0.2, -0.15) is 0 Å². The van der Waals surface area contributed by atoms with E-state index in [4.69, 9.17) is 4.74 Å². The summed E-state index contributed by atoms with van der Waals surface area (Å²) in [6.07, 6.45) is 11.0. The Morgan fingerprint density at radius 2 is 1.45 bits per heavy atom. The molecule has 0 aliphatic rings. The van der Waals surface area contributed by atoms with E-state index in [1.807, 2.05) is 0 Å². The van der Waals surface area contributed by atoms with E-state index in [9.17, 15) is 4.79 Å². The van der Waals surface area contributed by atoms with Crippen LogP contribution in [-0.4, -0.2) is 31.5 Å². The quantitative estimate of drug-likeness (QED) is 0.266. The number of allylic oxidation sites excluding steroid dienone is 1. The molecule has 0 saturated carbocycles. The van der Waals surface area contributed by atoms with Crippen molar-refractivity contribution in [1.29, 1.82) is 0 Å². The predicted octanol–water partition coefficient (Wildman–Crippen LogP) is 6.13. The Balaban J connectivity index is 4.92. The van der Waals surface area contributed by atoms with Gasteiger partial charge in [-0.25, -0.2) is 0 Å². The first kappa shape index (κ1) is 22.0. The molecule has 3 heteroatoms. The summed E-state index contributed by atoms with van der Waals surface area (Å²) in [4.78, 5) is 11.4. The van der Waals surface area contributed by atoms with Gasteiger partial charge < -0.3 is 0 Å². The van der Waals surface area contributed by atoms with Crippen molar-refractivity contribution in [2.45, 2.75) is 86.0 Å². The number of carbonyl (C=O) groups is 1. The van der Waals surface area contributed by atoms with Gasteiger partial charge in [0.25, 0.3) is 0 Å². The van der Waals surface area contributed by atoms with Crippen LogP contribution in [0.15, 0.2) is 10.2 Å². The molecule has 0 aromatic heterocycles. The fourth-order valence-corrected chi connectivity index (χ4v) is 17.7. The number of hydrogen-bond acceptors (Lipinski definition) is 2. The molecule has 0 N–H and O–H groups in total. The van der Waals surface area contributed by atoms with Crippen molar-refractivity contribution in [2.24, 2.45) is 5.92 Å². The molecule has 0 aromatic carbocycles. The van der Waals surface area contributed by atoms with Crippen LogP contribution in [0.2, 0.25) is 13.3 Å². The van der Waals surface area contributed by atoms with E-state index >= 15 is 0 Å². The summed E-state index contributed by atoms with van der Waals surface area (Å²) in [5.41, 5.74) is 0. The average Bonchev–Trinajstić information content (AvgIpc) is 2.53. The van der Waals surface area contributed by atoms with Gasteiger partial charge in [0.2, 0.25) is 0 Å². The second-order valence-corrected chi connectivity index (χ2v) is 19.8. The average molecular weight is 417 g/mol. The van der Waals surface area contributed by atoms with Crippen LogP contribution in [0.4, 0.5) is 0 Å². The molecule has 0 heterocycles. The Hall–Kier alpha value is 0.00870. The second-order valence-electron chi connectivity index (χ2n) is 6.79. The standard InChI is InChI=1S/C7H11O2.3C4H9.Sn/c1-4-6(2)5-7(8)9-3;3*1-3-4-2;/h1,4,6H,5H2,2-3H3;3*1,3-4H2,2H3;. The molecule has 0 spiro atoms. The molecular weight excluding hydrogens is 379 g/mol. The summed E-state index contributed by atoms with van der Waals surface area (Å²) in [5.74, 6) is 0.224. The summed E-state index contributed by atoms with van der Waals surface area (Å²) in [5, 5.41) is 0. The van der Waals surface area contributed by atoms with E-state index in [-0.39, 0.29) is 5.97 Å². The minimum atomic E-state index is -2.16. The van der Waals surface area contributed by atoms with Gasteiger partial charge in [0.05, 0.1) is 0 Å². The number of methoxy groups -OCH3 is 1. The predicted molar refractivity (Wildman–Crippen MR) is 99.8 cm³/mol. The molecular formula is C19H38O2Sn. The zero-order valence-electron chi connectivity index (χ0n) is 15.6. The summed E-state index contributed by atoms with van der Waals surface area (Å²) in [6.45, 7) is 9.06. The van der Waals surface area contributed by atoms with Crippen LogP contribution >= 0.6 is 0 Å². The van der Waals surface area contributed by atoms with Crippen LogP contribution < -0.4 is 0 Å². The van der Waals surface area contributed by atoms with Gasteiger partial charge in [0, 0.05) is 0 Å². The Morgan fingerprint density at radius 3 is 1.82 bits per heavy atom. The molecule has 1 atom stereocenters. The molecule has 0 bridgehead atoms. The van der Waals surface area contributed by atoms with Gasteiger partial charge in [-0.15, -0.1) is 0 Å². The molecule has 0 amide bonds. The molecule has 0 radical (unpaired) electrons. The van der Waals surface area contributed by atoms with Crippen LogP contribution in [0.25, 0.3) is 0 Å². The van der Waals surface area contributed by atoms with Crippen LogP contribution in [0.5, 0.6) is 0 Å². The van der Waals surface area contributed by atoms with Crippen LogP contribution in [-0.2, 0) is 9.53 Å². The normalized spacial score (nSPS) is 13.5. The van der Waals surface area contributed by atoms with Crippen LogP contribution in [0, 0.1) is 5.92 Å². The van der Waals surface area contributed by atoms with E-state index in [1.54, 1.807) is 0 Å². The number of esters is 1.